The van der Waals surface area contributed by atoms with Gasteiger partial charge in [-0.05, 0) is 98.7 Å². The van der Waals surface area contributed by atoms with Crippen LogP contribution >= 0.6 is 0 Å². The third-order valence-electron chi connectivity index (χ3n) is 10.5. The van der Waals surface area contributed by atoms with E-state index in [1.165, 1.54) is 18.4 Å². The molecule has 0 unspecified atom stereocenters. The van der Waals surface area contributed by atoms with Crippen LogP contribution in [-0.2, 0) is 18.8 Å². The number of carbonyl (C=O) groups is 2. The molecule has 6 atom stereocenters. The molecule has 186 valence electrons. The summed E-state index contributed by atoms with van der Waals surface area (Å²) in [5.41, 5.74) is 1.48. The molecule has 5 heteroatoms. The summed E-state index contributed by atoms with van der Waals surface area (Å²) in [6.45, 7) is 15.4. The number of hydrogen-bond donors (Lipinski definition) is 0. The van der Waals surface area contributed by atoms with E-state index in [-0.39, 0.29) is 28.3 Å². The molecule has 0 radical (unpaired) electrons. The zero-order valence-electron chi connectivity index (χ0n) is 22.1. The highest BCUT2D eigenvalue weighted by atomic mass is 28.4. The molecule has 0 aromatic rings. The second-order valence-corrected chi connectivity index (χ2v) is 17.4. The summed E-state index contributed by atoms with van der Waals surface area (Å²) in [5, 5.41) is 0.141. The number of allylic oxidation sites excluding steroid dienone is 1. The van der Waals surface area contributed by atoms with E-state index in [1.54, 1.807) is 6.92 Å². The number of rotatable bonds is 6. The topological polar surface area (TPSA) is 52.6 Å². The molecule has 0 aliphatic heterocycles. The molecule has 0 saturated heterocycles. The Bertz CT molecular complexity index is 828. The summed E-state index contributed by atoms with van der Waals surface area (Å²) in [5.74, 6) is 3.39. The first kappa shape index (κ1) is 25.0. The number of Topliss-reactive ketones (excluding diaryl/α,β-unsaturated/α-hetero) is 1. The van der Waals surface area contributed by atoms with E-state index in [1.807, 2.05) is 0 Å². The largest absolute Gasteiger partial charge is 0.541 e. The van der Waals surface area contributed by atoms with Gasteiger partial charge >= 0.3 is 5.97 Å². The maximum absolute atomic E-state index is 13.1. The monoisotopic (exact) mass is 474 g/mol. The number of fused-ring (bicyclic) bond motifs is 5. The summed E-state index contributed by atoms with van der Waals surface area (Å²) >= 11 is 0. The summed E-state index contributed by atoms with van der Waals surface area (Å²) < 4.78 is 12.6. The molecule has 0 bridgehead atoms. The fraction of sp³-hybridized carbons (Fsp3) is 0.857. The minimum atomic E-state index is -2.09. The van der Waals surface area contributed by atoms with Crippen LogP contribution in [0.1, 0.15) is 98.8 Å². The molecule has 0 aromatic heterocycles. The van der Waals surface area contributed by atoms with Crippen LogP contribution in [0, 0.1) is 29.1 Å². The maximum Gasteiger partial charge on any atom is 0.302 e. The van der Waals surface area contributed by atoms with Gasteiger partial charge in [-0.3, -0.25) is 9.59 Å². The van der Waals surface area contributed by atoms with Crippen molar-refractivity contribution < 1.29 is 18.8 Å². The van der Waals surface area contributed by atoms with Gasteiger partial charge in [0, 0.05) is 18.8 Å². The van der Waals surface area contributed by atoms with Gasteiger partial charge in [0.15, 0.2) is 5.78 Å². The summed E-state index contributed by atoms with van der Waals surface area (Å²) in [7, 11) is -2.09. The van der Waals surface area contributed by atoms with Gasteiger partial charge in [-0.25, -0.2) is 0 Å². The van der Waals surface area contributed by atoms with Crippen LogP contribution in [0.2, 0.25) is 18.1 Å². The minimum Gasteiger partial charge on any atom is -0.541 e. The van der Waals surface area contributed by atoms with Crippen molar-refractivity contribution in [2.24, 2.45) is 29.1 Å². The van der Waals surface area contributed by atoms with E-state index >= 15 is 0 Å². The van der Waals surface area contributed by atoms with Crippen LogP contribution in [0.15, 0.2) is 11.3 Å². The number of ketones is 1. The molecular formula is C28H46O4Si. The van der Waals surface area contributed by atoms with E-state index in [0.717, 1.165) is 50.7 Å². The van der Waals surface area contributed by atoms with Crippen molar-refractivity contribution in [1.82, 2.24) is 0 Å². The first-order chi connectivity index (χ1) is 15.4. The average molecular weight is 475 g/mol. The number of carbonyl (C=O) groups excluding carboxylic acids is 2. The molecule has 4 rings (SSSR count). The lowest BCUT2D eigenvalue weighted by molar-refractivity contribution is -0.156. The number of hydrogen-bond acceptors (Lipinski definition) is 4. The van der Waals surface area contributed by atoms with Gasteiger partial charge in [-0.15, -0.1) is 0 Å². The Morgan fingerprint density at radius 2 is 1.82 bits per heavy atom. The highest BCUT2D eigenvalue weighted by molar-refractivity contribution is 6.74. The van der Waals surface area contributed by atoms with Gasteiger partial charge in [0.1, 0.15) is 11.9 Å². The molecule has 0 heterocycles. The Kier molecular flexibility index (Phi) is 6.70. The molecule has 4 aliphatic carbocycles. The normalized spacial score (nSPS) is 36.7. The van der Waals surface area contributed by atoms with E-state index in [0.29, 0.717) is 30.1 Å². The molecule has 3 fully saturated rings. The molecule has 0 spiro atoms. The van der Waals surface area contributed by atoms with Crippen LogP contribution < -0.4 is 0 Å². The van der Waals surface area contributed by atoms with Crippen molar-refractivity contribution in [1.29, 1.82) is 0 Å². The van der Waals surface area contributed by atoms with Crippen molar-refractivity contribution in [3.8, 4) is 0 Å². The van der Waals surface area contributed by atoms with Gasteiger partial charge in [0.05, 0.1) is 0 Å². The first-order valence-electron chi connectivity index (χ1n) is 13.5. The molecule has 4 nitrogen and oxygen atoms in total. The fourth-order valence-electron chi connectivity index (χ4n) is 8.03. The Labute approximate surface area is 202 Å². The first-order valence-corrected chi connectivity index (χ1v) is 16.4. The molecule has 0 amide bonds. The Morgan fingerprint density at radius 3 is 2.48 bits per heavy atom. The van der Waals surface area contributed by atoms with Crippen LogP contribution in [0.25, 0.3) is 0 Å². The van der Waals surface area contributed by atoms with E-state index in [4.69, 9.17) is 9.16 Å². The van der Waals surface area contributed by atoms with Gasteiger partial charge in [-0.2, -0.15) is 0 Å². The highest BCUT2D eigenvalue weighted by Gasteiger charge is 2.58. The molecule has 4 aliphatic rings. The predicted molar refractivity (Wildman–Crippen MR) is 134 cm³/mol. The fourth-order valence-corrected chi connectivity index (χ4v) is 9.92. The van der Waals surface area contributed by atoms with E-state index in [2.05, 4.69) is 40.8 Å². The molecule has 0 aromatic carbocycles. The second kappa shape index (κ2) is 8.84. The lowest BCUT2D eigenvalue weighted by atomic mass is 9.52. The average Bonchev–Trinajstić information content (AvgIpc) is 3.05. The lowest BCUT2D eigenvalue weighted by Crippen LogP contribution is -2.49. The van der Waals surface area contributed by atoms with Crippen molar-refractivity contribution in [2.75, 3.05) is 0 Å². The number of esters is 1. The Morgan fingerprint density at radius 1 is 1.09 bits per heavy atom. The quantitative estimate of drug-likeness (QED) is 0.302. The standard InChI is InChI=1S/C28H46O4Si/c1-8-16-27(3,4)33(6,7)32-26-22-10-9-21-20(19(22)11-13-24(26)30)15-17-28(5)23(21)12-14-25(28)31-18(2)29/h19-21,23,25H,8-17H2,1-7H3/t19-,20-,21-,23+,25+,28+/m1/s1. The van der Waals surface area contributed by atoms with Gasteiger partial charge < -0.3 is 9.16 Å². The SMILES string of the molecule is CCCC(C)(C)[Si](C)(C)OC1=C2CC[C@@H]3[C@H](CC[C@]4(C)[C@@H](OC(C)=O)CC[C@@H]34)[C@H]2CCC1=O. The highest BCUT2D eigenvalue weighted by Crippen LogP contribution is 2.63. The van der Waals surface area contributed by atoms with Crippen LogP contribution in [0.3, 0.4) is 0 Å². The van der Waals surface area contributed by atoms with Gasteiger partial charge in [-0.1, -0.05) is 34.1 Å². The zero-order chi connectivity index (χ0) is 24.2. The maximum atomic E-state index is 13.1. The van der Waals surface area contributed by atoms with Gasteiger partial charge in [0.25, 0.3) is 8.32 Å². The smallest absolute Gasteiger partial charge is 0.302 e. The molecule has 3 saturated carbocycles. The number of ether oxygens (including phenoxy) is 1. The predicted octanol–water partition coefficient (Wildman–Crippen LogP) is 7.19. The molecule has 33 heavy (non-hydrogen) atoms. The van der Waals surface area contributed by atoms with Crippen molar-refractivity contribution in [3.63, 3.8) is 0 Å². The second-order valence-electron chi connectivity index (χ2n) is 12.9. The van der Waals surface area contributed by atoms with Crippen LogP contribution in [0.5, 0.6) is 0 Å². The van der Waals surface area contributed by atoms with Crippen molar-refractivity contribution in [2.45, 2.75) is 123 Å². The minimum absolute atomic E-state index is 0.0808. The van der Waals surface area contributed by atoms with E-state index < -0.39 is 8.32 Å². The molecular weight excluding hydrogens is 428 g/mol. The van der Waals surface area contributed by atoms with Crippen molar-refractivity contribution in [3.05, 3.63) is 11.3 Å². The summed E-state index contributed by atoms with van der Waals surface area (Å²) in [4.78, 5) is 24.9. The summed E-state index contributed by atoms with van der Waals surface area (Å²) in [6.07, 6.45) is 10.7. The van der Waals surface area contributed by atoms with E-state index in [9.17, 15) is 9.59 Å². The van der Waals surface area contributed by atoms with Gasteiger partial charge in [0.2, 0.25) is 0 Å². The Hall–Kier alpha value is -1.10. The third-order valence-corrected chi connectivity index (χ3v) is 14.7. The third kappa shape index (κ3) is 4.25. The zero-order valence-corrected chi connectivity index (χ0v) is 23.1. The lowest BCUT2D eigenvalue weighted by Gasteiger charge is -2.54. The van der Waals surface area contributed by atoms with Crippen LogP contribution in [-0.4, -0.2) is 26.2 Å². The Balaban J connectivity index is 1.58. The van der Waals surface area contributed by atoms with Crippen molar-refractivity contribution >= 4 is 20.1 Å². The summed E-state index contributed by atoms with van der Waals surface area (Å²) in [6, 6.07) is 0. The molecule has 0 N–H and O–H groups in total. The van der Waals surface area contributed by atoms with Crippen LogP contribution in [0.4, 0.5) is 0 Å².